The number of aromatic nitrogens is 1. The van der Waals surface area contributed by atoms with Gasteiger partial charge in [0.15, 0.2) is 0 Å². The van der Waals surface area contributed by atoms with Crippen LogP contribution in [-0.4, -0.2) is 9.91 Å². The van der Waals surface area contributed by atoms with Gasteiger partial charge < -0.3 is 4.74 Å². The van der Waals surface area contributed by atoms with Crippen molar-refractivity contribution in [3.63, 3.8) is 0 Å². The average molecular weight is 244 g/mol. The third kappa shape index (κ3) is 2.82. The first kappa shape index (κ1) is 12.0. The van der Waals surface area contributed by atoms with Crippen LogP contribution >= 0.6 is 0 Å². The Labute approximate surface area is 104 Å². The second-order valence-electron chi connectivity index (χ2n) is 3.82. The molecule has 0 aliphatic heterocycles. The van der Waals surface area contributed by atoms with E-state index in [1.54, 1.807) is 12.3 Å². The van der Waals surface area contributed by atoms with E-state index in [9.17, 15) is 10.1 Å². The lowest BCUT2D eigenvalue weighted by molar-refractivity contribution is -0.385. The Kier molecular flexibility index (Phi) is 3.52. The molecule has 0 fully saturated rings. The van der Waals surface area contributed by atoms with Crippen molar-refractivity contribution in [3.05, 3.63) is 64.0 Å². The van der Waals surface area contributed by atoms with Crippen molar-refractivity contribution in [2.75, 3.05) is 0 Å². The van der Waals surface area contributed by atoms with Gasteiger partial charge in [-0.1, -0.05) is 6.07 Å². The van der Waals surface area contributed by atoms with E-state index in [-0.39, 0.29) is 5.69 Å². The van der Waals surface area contributed by atoms with Gasteiger partial charge in [-0.25, -0.2) is 0 Å². The van der Waals surface area contributed by atoms with Gasteiger partial charge in [0.25, 0.3) is 5.69 Å². The maximum absolute atomic E-state index is 10.7. The molecule has 18 heavy (non-hydrogen) atoms. The molecule has 0 saturated heterocycles. The third-order valence-electron chi connectivity index (χ3n) is 2.48. The van der Waals surface area contributed by atoms with Crippen LogP contribution in [0.2, 0.25) is 0 Å². The fraction of sp³-hybridized carbons (Fsp3) is 0.154. The number of nitrogens with zero attached hydrogens (tertiary/aromatic N) is 2. The van der Waals surface area contributed by atoms with Gasteiger partial charge in [0.05, 0.1) is 16.7 Å². The fourth-order valence-electron chi connectivity index (χ4n) is 1.49. The molecule has 0 aliphatic rings. The number of pyridine rings is 1. The van der Waals surface area contributed by atoms with Crippen molar-refractivity contribution in [1.82, 2.24) is 4.98 Å². The molecule has 0 unspecified atom stereocenters. The number of benzene rings is 1. The standard InChI is InChI=1S/C13H12N2O3/c1-10-5-6-12(15(16)17)8-13(10)18-9-11-4-2-3-7-14-11/h2-8H,9H2,1H3. The molecule has 0 bridgehead atoms. The summed E-state index contributed by atoms with van der Waals surface area (Å²) in [5, 5.41) is 10.7. The molecule has 1 aromatic heterocycles. The summed E-state index contributed by atoms with van der Waals surface area (Å²) in [6.45, 7) is 2.14. The molecule has 0 saturated carbocycles. The van der Waals surface area contributed by atoms with Crippen LogP contribution in [0.1, 0.15) is 11.3 Å². The van der Waals surface area contributed by atoms with Crippen LogP contribution in [0.15, 0.2) is 42.6 Å². The molecule has 0 aliphatic carbocycles. The summed E-state index contributed by atoms with van der Waals surface area (Å²) in [7, 11) is 0. The average Bonchev–Trinajstić information content (AvgIpc) is 2.38. The van der Waals surface area contributed by atoms with Gasteiger partial charge in [0, 0.05) is 12.3 Å². The van der Waals surface area contributed by atoms with Crippen LogP contribution < -0.4 is 4.74 Å². The van der Waals surface area contributed by atoms with E-state index in [1.807, 2.05) is 25.1 Å². The molecule has 2 rings (SSSR count). The van der Waals surface area contributed by atoms with E-state index in [2.05, 4.69) is 4.98 Å². The first-order chi connectivity index (χ1) is 8.66. The number of nitro benzene ring substituents is 1. The van der Waals surface area contributed by atoms with E-state index < -0.39 is 4.92 Å². The first-order valence-corrected chi connectivity index (χ1v) is 5.44. The van der Waals surface area contributed by atoms with Crippen LogP contribution in [0.25, 0.3) is 0 Å². The molecule has 2 aromatic rings. The molecule has 1 heterocycles. The van der Waals surface area contributed by atoms with Crippen molar-refractivity contribution < 1.29 is 9.66 Å². The second kappa shape index (κ2) is 5.27. The minimum absolute atomic E-state index is 0.0246. The molecule has 1 aromatic carbocycles. The lowest BCUT2D eigenvalue weighted by Crippen LogP contribution is -1.99. The summed E-state index contributed by atoms with van der Waals surface area (Å²) in [5.74, 6) is 0.509. The highest BCUT2D eigenvalue weighted by molar-refractivity contribution is 5.43. The minimum atomic E-state index is -0.437. The van der Waals surface area contributed by atoms with Crippen LogP contribution in [0.3, 0.4) is 0 Å². The largest absolute Gasteiger partial charge is 0.487 e. The number of ether oxygens (including phenoxy) is 1. The van der Waals surface area contributed by atoms with Crippen molar-refractivity contribution in [3.8, 4) is 5.75 Å². The van der Waals surface area contributed by atoms with Crippen molar-refractivity contribution in [1.29, 1.82) is 0 Å². The Hall–Kier alpha value is -2.43. The van der Waals surface area contributed by atoms with E-state index in [0.29, 0.717) is 12.4 Å². The highest BCUT2D eigenvalue weighted by Crippen LogP contribution is 2.24. The third-order valence-corrected chi connectivity index (χ3v) is 2.48. The SMILES string of the molecule is Cc1ccc([N+](=O)[O-])cc1OCc1ccccn1. The smallest absolute Gasteiger partial charge is 0.273 e. The summed E-state index contributed by atoms with van der Waals surface area (Å²) in [6.07, 6.45) is 1.68. The number of hydrogen-bond acceptors (Lipinski definition) is 4. The molecular formula is C13H12N2O3. The van der Waals surface area contributed by atoms with E-state index in [4.69, 9.17) is 4.74 Å². The maximum Gasteiger partial charge on any atom is 0.273 e. The zero-order valence-corrected chi connectivity index (χ0v) is 9.87. The Balaban J connectivity index is 2.14. The lowest BCUT2D eigenvalue weighted by atomic mass is 10.2. The predicted molar refractivity (Wildman–Crippen MR) is 66.4 cm³/mol. The molecular weight excluding hydrogens is 232 g/mol. The summed E-state index contributed by atoms with van der Waals surface area (Å²) in [6, 6.07) is 10.1. The summed E-state index contributed by atoms with van der Waals surface area (Å²) >= 11 is 0. The number of hydrogen-bond donors (Lipinski definition) is 0. The van der Waals surface area contributed by atoms with E-state index in [0.717, 1.165) is 11.3 Å². The Morgan fingerprint density at radius 3 is 2.83 bits per heavy atom. The molecule has 0 N–H and O–H groups in total. The normalized spacial score (nSPS) is 10.1. The first-order valence-electron chi connectivity index (χ1n) is 5.44. The van der Waals surface area contributed by atoms with Gasteiger partial charge in [-0.15, -0.1) is 0 Å². The van der Waals surface area contributed by atoms with Crippen LogP contribution in [0.4, 0.5) is 5.69 Å². The molecule has 5 heteroatoms. The maximum atomic E-state index is 10.7. The zero-order valence-electron chi connectivity index (χ0n) is 9.87. The quantitative estimate of drug-likeness (QED) is 0.612. The van der Waals surface area contributed by atoms with Crippen LogP contribution in [-0.2, 0) is 6.61 Å². The Bertz CT molecular complexity index is 555. The Morgan fingerprint density at radius 2 is 2.17 bits per heavy atom. The van der Waals surface area contributed by atoms with Crippen molar-refractivity contribution >= 4 is 5.69 Å². The number of non-ortho nitro benzene ring substituents is 1. The van der Waals surface area contributed by atoms with Crippen LogP contribution in [0.5, 0.6) is 5.75 Å². The molecule has 0 spiro atoms. The highest BCUT2D eigenvalue weighted by atomic mass is 16.6. The van der Waals surface area contributed by atoms with E-state index >= 15 is 0 Å². The molecule has 0 radical (unpaired) electrons. The zero-order chi connectivity index (χ0) is 13.0. The van der Waals surface area contributed by atoms with Gasteiger partial charge in [0.1, 0.15) is 12.4 Å². The van der Waals surface area contributed by atoms with E-state index in [1.165, 1.54) is 12.1 Å². The summed E-state index contributed by atoms with van der Waals surface area (Å²) in [5.41, 5.74) is 1.66. The number of nitro groups is 1. The van der Waals surface area contributed by atoms with Gasteiger partial charge in [-0.05, 0) is 30.7 Å². The predicted octanol–water partition coefficient (Wildman–Crippen LogP) is 2.88. The molecule has 92 valence electrons. The monoisotopic (exact) mass is 244 g/mol. The van der Waals surface area contributed by atoms with Crippen molar-refractivity contribution in [2.24, 2.45) is 0 Å². The van der Waals surface area contributed by atoms with Crippen LogP contribution in [0, 0.1) is 17.0 Å². The van der Waals surface area contributed by atoms with Gasteiger partial charge in [-0.3, -0.25) is 15.1 Å². The number of aryl methyl sites for hydroxylation is 1. The molecule has 0 atom stereocenters. The van der Waals surface area contributed by atoms with Gasteiger partial charge >= 0.3 is 0 Å². The van der Waals surface area contributed by atoms with Gasteiger partial charge in [0.2, 0.25) is 0 Å². The topological polar surface area (TPSA) is 65.3 Å². The highest BCUT2D eigenvalue weighted by Gasteiger charge is 2.09. The second-order valence-corrected chi connectivity index (χ2v) is 3.82. The van der Waals surface area contributed by atoms with Gasteiger partial charge in [-0.2, -0.15) is 0 Å². The Morgan fingerprint density at radius 1 is 1.33 bits per heavy atom. The minimum Gasteiger partial charge on any atom is -0.487 e. The van der Waals surface area contributed by atoms with Crippen molar-refractivity contribution in [2.45, 2.75) is 13.5 Å². The number of rotatable bonds is 4. The summed E-state index contributed by atoms with van der Waals surface area (Å²) < 4.78 is 5.55. The lowest BCUT2D eigenvalue weighted by Gasteiger charge is -2.08. The molecule has 5 nitrogen and oxygen atoms in total. The fourth-order valence-corrected chi connectivity index (χ4v) is 1.49. The molecule has 0 amide bonds. The summed E-state index contributed by atoms with van der Waals surface area (Å²) in [4.78, 5) is 14.4.